The number of phenolic OH excluding ortho intramolecular Hbond substituents is 1. The van der Waals surface area contributed by atoms with Gasteiger partial charge in [0.05, 0.1) is 4.92 Å². The Bertz CT molecular complexity index is 849. The summed E-state index contributed by atoms with van der Waals surface area (Å²) in [5.74, 6) is -0.161. The van der Waals surface area contributed by atoms with Crippen LogP contribution in [0.4, 0.5) is 11.4 Å². The molecule has 0 amide bonds. The number of hydrogen-bond acceptors (Lipinski definition) is 4. The van der Waals surface area contributed by atoms with Gasteiger partial charge in [0.2, 0.25) is 0 Å². The highest BCUT2D eigenvalue weighted by Crippen LogP contribution is 2.41. The molecule has 0 fully saturated rings. The van der Waals surface area contributed by atoms with Gasteiger partial charge in [-0.2, -0.15) is 0 Å². The summed E-state index contributed by atoms with van der Waals surface area (Å²) in [6.07, 6.45) is 6.33. The molecule has 0 spiro atoms. The van der Waals surface area contributed by atoms with E-state index in [-0.39, 0.29) is 11.4 Å². The van der Waals surface area contributed by atoms with Crippen molar-refractivity contribution in [1.29, 1.82) is 0 Å². The van der Waals surface area contributed by atoms with E-state index >= 15 is 0 Å². The molecule has 132 valence electrons. The zero-order valence-corrected chi connectivity index (χ0v) is 15.7. The standard InChI is InChI=1S/C10H13N.C9H8BrNO3/c1-7-9-4-2-3-8(9)5-6-10(7)11;10-7-4-8(11(13)14)9(12)6-3-1-2-5(6)7/h5-6H,2-4,11H2,1H3;4,12H,1-3H2. The first-order valence-electron chi connectivity index (χ1n) is 8.44. The fourth-order valence-electron chi connectivity index (χ4n) is 3.71. The number of nitrogen functional groups attached to an aromatic ring is 1. The van der Waals surface area contributed by atoms with E-state index in [9.17, 15) is 15.2 Å². The van der Waals surface area contributed by atoms with E-state index in [0.717, 1.165) is 40.5 Å². The van der Waals surface area contributed by atoms with E-state index < -0.39 is 4.92 Å². The molecule has 2 aromatic rings. The van der Waals surface area contributed by atoms with E-state index in [1.54, 1.807) is 0 Å². The molecule has 2 aromatic carbocycles. The first kappa shape index (κ1) is 17.7. The Morgan fingerprint density at radius 1 is 1.12 bits per heavy atom. The quantitative estimate of drug-likeness (QED) is 0.412. The van der Waals surface area contributed by atoms with Crippen LogP contribution in [0.5, 0.6) is 5.75 Å². The summed E-state index contributed by atoms with van der Waals surface area (Å²) in [7, 11) is 0. The number of benzene rings is 2. The molecule has 4 rings (SSSR count). The van der Waals surface area contributed by atoms with Crippen LogP contribution < -0.4 is 5.73 Å². The maximum absolute atomic E-state index is 10.6. The van der Waals surface area contributed by atoms with Crippen molar-refractivity contribution in [2.45, 2.75) is 45.4 Å². The predicted molar refractivity (Wildman–Crippen MR) is 102 cm³/mol. The number of halogens is 1. The summed E-state index contributed by atoms with van der Waals surface area (Å²) in [4.78, 5) is 10.0. The van der Waals surface area contributed by atoms with Crippen LogP contribution in [-0.4, -0.2) is 10.0 Å². The summed E-state index contributed by atoms with van der Waals surface area (Å²) >= 11 is 3.29. The molecular formula is C19H21BrN2O3. The van der Waals surface area contributed by atoms with Gasteiger partial charge in [0.15, 0.2) is 5.75 Å². The zero-order chi connectivity index (χ0) is 18.1. The minimum absolute atomic E-state index is 0.161. The third-order valence-electron chi connectivity index (χ3n) is 5.10. The lowest BCUT2D eigenvalue weighted by molar-refractivity contribution is -0.386. The monoisotopic (exact) mass is 404 g/mol. The Balaban J connectivity index is 0.000000150. The van der Waals surface area contributed by atoms with E-state index in [0.29, 0.717) is 0 Å². The lowest BCUT2D eigenvalue weighted by Gasteiger charge is -2.05. The summed E-state index contributed by atoms with van der Waals surface area (Å²) in [6.45, 7) is 2.12. The second-order valence-corrected chi connectivity index (χ2v) is 7.42. The second-order valence-electron chi connectivity index (χ2n) is 6.56. The lowest BCUT2D eigenvalue weighted by atomic mass is 10.0. The second kappa shape index (κ2) is 7.04. The van der Waals surface area contributed by atoms with Crippen LogP contribution in [0.15, 0.2) is 22.7 Å². The van der Waals surface area contributed by atoms with Gasteiger partial charge < -0.3 is 10.8 Å². The average molecular weight is 405 g/mol. The fraction of sp³-hybridized carbons (Fsp3) is 0.368. The van der Waals surface area contributed by atoms with Crippen LogP contribution in [-0.2, 0) is 25.7 Å². The molecule has 6 heteroatoms. The molecule has 2 aliphatic rings. The molecular weight excluding hydrogens is 384 g/mol. The molecule has 2 aliphatic carbocycles. The Morgan fingerprint density at radius 2 is 1.76 bits per heavy atom. The van der Waals surface area contributed by atoms with Crippen molar-refractivity contribution in [3.8, 4) is 5.75 Å². The first-order chi connectivity index (χ1) is 11.9. The van der Waals surface area contributed by atoms with Crippen molar-refractivity contribution < 1.29 is 10.0 Å². The highest BCUT2D eigenvalue weighted by molar-refractivity contribution is 9.10. The van der Waals surface area contributed by atoms with Gasteiger partial charge in [0.1, 0.15) is 0 Å². The van der Waals surface area contributed by atoms with Crippen molar-refractivity contribution in [2.75, 3.05) is 5.73 Å². The smallest absolute Gasteiger partial charge is 0.312 e. The number of rotatable bonds is 1. The summed E-state index contributed by atoms with van der Waals surface area (Å²) in [6, 6.07) is 5.57. The molecule has 5 nitrogen and oxygen atoms in total. The zero-order valence-electron chi connectivity index (χ0n) is 14.1. The predicted octanol–water partition coefficient (Wildman–Crippen LogP) is 4.62. The summed E-state index contributed by atoms with van der Waals surface area (Å²) < 4.78 is 0.731. The van der Waals surface area contributed by atoms with Gasteiger partial charge >= 0.3 is 5.69 Å². The molecule has 0 radical (unpaired) electrons. The Labute approximate surface area is 155 Å². The van der Waals surface area contributed by atoms with Crippen LogP contribution in [0.2, 0.25) is 0 Å². The molecule has 0 saturated carbocycles. The van der Waals surface area contributed by atoms with Gasteiger partial charge in [-0.1, -0.05) is 22.0 Å². The topological polar surface area (TPSA) is 89.4 Å². The molecule has 0 unspecified atom stereocenters. The lowest BCUT2D eigenvalue weighted by Crippen LogP contribution is -1.94. The highest BCUT2D eigenvalue weighted by atomic mass is 79.9. The Hall–Kier alpha value is -2.08. The van der Waals surface area contributed by atoms with Gasteiger partial charge in [-0.25, -0.2) is 0 Å². The van der Waals surface area contributed by atoms with Crippen LogP contribution >= 0.6 is 15.9 Å². The number of aryl methyl sites for hydroxylation is 1. The average Bonchev–Trinajstić information content (AvgIpc) is 3.24. The molecule has 0 atom stereocenters. The summed E-state index contributed by atoms with van der Waals surface area (Å²) in [5.41, 5.74) is 12.6. The molecule has 0 aliphatic heterocycles. The number of nitrogens with zero attached hydrogens (tertiary/aromatic N) is 1. The maximum atomic E-state index is 10.6. The van der Waals surface area contributed by atoms with Crippen molar-refractivity contribution in [2.24, 2.45) is 0 Å². The SMILES string of the molecule is Cc1c(N)ccc2c1CCC2.O=[N+]([O-])c1cc(Br)c2c(c1O)CCC2. The molecule has 0 aromatic heterocycles. The fourth-order valence-corrected chi connectivity index (χ4v) is 4.36. The number of phenols is 1. The van der Waals surface area contributed by atoms with Crippen molar-refractivity contribution in [1.82, 2.24) is 0 Å². The molecule has 0 saturated heterocycles. The number of nitro benzene ring substituents is 1. The first-order valence-corrected chi connectivity index (χ1v) is 9.24. The maximum Gasteiger partial charge on any atom is 0.312 e. The van der Waals surface area contributed by atoms with Gasteiger partial charge in [0.25, 0.3) is 0 Å². The van der Waals surface area contributed by atoms with Crippen LogP contribution in [0, 0.1) is 17.0 Å². The van der Waals surface area contributed by atoms with Gasteiger partial charge in [-0.05, 0) is 73.8 Å². The van der Waals surface area contributed by atoms with Gasteiger partial charge in [-0.15, -0.1) is 0 Å². The third kappa shape index (κ3) is 3.35. The number of aromatic hydroxyl groups is 1. The molecule has 3 N–H and O–H groups in total. The number of fused-ring (bicyclic) bond motifs is 2. The minimum Gasteiger partial charge on any atom is -0.502 e. The van der Waals surface area contributed by atoms with Crippen LogP contribution in [0.25, 0.3) is 0 Å². The number of nitro groups is 1. The molecule has 25 heavy (non-hydrogen) atoms. The van der Waals surface area contributed by atoms with E-state index in [1.165, 1.54) is 42.0 Å². The highest BCUT2D eigenvalue weighted by Gasteiger charge is 2.25. The normalized spacial score (nSPS) is 14.5. The molecule has 0 bridgehead atoms. The van der Waals surface area contributed by atoms with E-state index in [4.69, 9.17) is 5.73 Å². The van der Waals surface area contributed by atoms with Crippen molar-refractivity contribution in [3.63, 3.8) is 0 Å². The Morgan fingerprint density at radius 3 is 2.48 bits per heavy atom. The van der Waals surface area contributed by atoms with Crippen molar-refractivity contribution in [3.05, 3.63) is 60.6 Å². The third-order valence-corrected chi connectivity index (χ3v) is 5.81. The summed E-state index contributed by atoms with van der Waals surface area (Å²) in [5, 5.41) is 20.2. The van der Waals surface area contributed by atoms with E-state index in [1.807, 2.05) is 6.07 Å². The molecule has 0 heterocycles. The largest absolute Gasteiger partial charge is 0.502 e. The Kier molecular flexibility index (Phi) is 4.99. The van der Waals surface area contributed by atoms with Gasteiger partial charge in [0, 0.05) is 21.8 Å². The van der Waals surface area contributed by atoms with Gasteiger partial charge in [-0.3, -0.25) is 10.1 Å². The van der Waals surface area contributed by atoms with E-state index in [2.05, 4.69) is 28.9 Å². The number of anilines is 1. The minimum atomic E-state index is -0.557. The van der Waals surface area contributed by atoms with Crippen molar-refractivity contribution >= 4 is 27.3 Å². The van der Waals surface area contributed by atoms with Crippen LogP contribution in [0.1, 0.15) is 40.7 Å². The number of nitrogens with two attached hydrogens (primary N) is 1. The number of hydrogen-bond donors (Lipinski definition) is 2. The van der Waals surface area contributed by atoms with Crippen LogP contribution in [0.3, 0.4) is 0 Å².